The average molecular weight is 232 g/mol. The summed E-state index contributed by atoms with van der Waals surface area (Å²) in [5.74, 6) is 0.824. The molecule has 0 amide bonds. The van der Waals surface area contributed by atoms with Gasteiger partial charge in [0.2, 0.25) is 0 Å². The molecule has 0 aliphatic rings. The molecule has 0 aromatic heterocycles. The first kappa shape index (κ1) is 13.5. The number of methoxy groups -OCH3 is 1. The monoisotopic (exact) mass is 232 g/mol. The zero-order chi connectivity index (χ0) is 12.9. The van der Waals surface area contributed by atoms with Crippen LogP contribution < -0.4 is 10.1 Å². The SMILES string of the molecule is COc1ccc(C#N)cc1CNCC(C)(C)C. The Labute approximate surface area is 103 Å². The van der Waals surface area contributed by atoms with Gasteiger partial charge in [-0.05, 0) is 23.6 Å². The number of benzene rings is 1. The van der Waals surface area contributed by atoms with E-state index in [2.05, 4.69) is 32.2 Å². The Kier molecular flexibility index (Phi) is 4.53. The van der Waals surface area contributed by atoms with Gasteiger partial charge in [-0.15, -0.1) is 0 Å². The normalized spacial score (nSPS) is 11.0. The van der Waals surface area contributed by atoms with Crippen LogP contribution >= 0.6 is 0 Å². The Bertz CT molecular complexity index is 413. The summed E-state index contributed by atoms with van der Waals surface area (Å²) < 4.78 is 5.28. The summed E-state index contributed by atoms with van der Waals surface area (Å²) in [7, 11) is 1.65. The van der Waals surface area contributed by atoms with Gasteiger partial charge in [-0.2, -0.15) is 5.26 Å². The summed E-state index contributed by atoms with van der Waals surface area (Å²) in [4.78, 5) is 0. The maximum absolute atomic E-state index is 8.87. The first-order valence-corrected chi connectivity index (χ1v) is 5.74. The summed E-state index contributed by atoms with van der Waals surface area (Å²) >= 11 is 0. The van der Waals surface area contributed by atoms with E-state index in [0.717, 1.165) is 24.4 Å². The Morgan fingerprint density at radius 1 is 1.35 bits per heavy atom. The molecule has 92 valence electrons. The minimum Gasteiger partial charge on any atom is -0.496 e. The third-order valence-electron chi connectivity index (χ3n) is 2.38. The molecule has 1 N–H and O–H groups in total. The van der Waals surface area contributed by atoms with E-state index in [1.807, 2.05) is 12.1 Å². The van der Waals surface area contributed by atoms with Crippen LogP contribution in [0.15, 0.2) is 18.2 Å². The minimum atomic E-state index is 0.250. The van der Waals surface area contributed by atoms with Gasteiger partial charge >= 0.3 is 0 Å². The lowest BCUT2D eigenvalue weighted by molar-refractivity contribution is 0.373. The molecule has 0 radical (unpaired) electrons. The molecule has 0 saturated heterocycles. The van der Waals surface area contributed by atoms with E-state index in [-0.39, 0.29) is 5.41 Å². The quantitative estimate of drug-likeness (QED) is 0.868. The van der Waals surface area contributed by atoms with Gasteiger partial charge in [0.15, 0.2) is 0 Å². The molecule has 3 nitrogen and oxygen atoms in total. The standard InChI is InChI=1S/C14H20N2O/c1-14(2,3)10-16-9-12-7-11(8-15)5-6-13(12)17-4/h5-7,16H,9-10H2,1-4H3. The van der Waals surface area contributed by atoms with E-state index in [9.17, 15) is 0 Å². The number of ether oxygens (including phenoxy) is 1. The minimum absolute atomic E-state index is 0.250. The molecule has 0 spiro atoms. The number of hydrogen-bond acceptors (Lipinski definition) is 3. The first-order chi connectivity index (χ1) is 7.96. The lowest BCUT2D eigenvalue weighted by Gasteiger charge is -2.19. The Morgan fingerprint density at radius 2 is 2.06 bits per heavy atom. The van der Waals surface area contributed by atoms with Gasteiger partial charge in [0.05, 0.1) is 18.7 Å². The Morgan fingerprint density at radius 3 is 2.59 bits per heavy atom. The molecule has 0 atom stereocenters. The second kappa shape index (κ2) is 5.70. The number of nitriles is 1. The van der Waals surface area contributed by atoms with Crippen LogP contribution in [0.5, 0.6) is 5.75 Å². The van der Waals surface area contributed by atoms with Gasteiger partial charge in [-0.1, -0.05) is 20.8 Å². The van der Waals surface area contributed by atoms with Crippen molar-refractivity contribution in [2.75, 3.05) is 13.7 Å². The highest BCUT2D eigenvalue weighted by Gasteiger charge is 2.10. The van der Waals surface area contributed by atoms with E-state index in [1.54, 1.807) is 13.2 Å². The van der Waals surface area contributed by atoms with Crippen LogP contribution in [0.1, 0.15) is 31.9 Å². The van der Waals surface area contributed by atoms with Crippen molar-refractivity contribution in [1.82, 2.24) is 5.32 Å². The maximum atomic E-state index is 8.87. The average Bonchev–Trinajstić information content (AvgIpc) is 2.27. The van der Waals surface area contributed by atoms with Crippen LogP contribution in [0.25, 0.3) is 0 Å². The van der Waals surface area contributed by atoms with Crippen molar-refractivity contribution >= 4 is 0 Å². The van der Waals surface area contributed by atoms with Crippen molar-refractivity contribution in [1.29, 1.82) is 5.26 Å². The highest BCUT2D eigenvalue weighted by molar-refractivity contribution is 5.41. The van der Waals surface area contributed by atoms with Gasteiger partial charge in [0.1, 0.15) is 5.75 Å². The molecule has 1 aromatic carbocycles. The van der Waals surface area contributed by atoms with E-state index >= 15 is 0 Å². The smallest absolute Gasteiger partial charge is 0.123 e. The number of rotatable bonds is 4. The summed E-state index contributed by atoms with van der Waals surface area (Å²) in [6.45, 7) is 8.19. The van der Waals surface area contributed by atoms with Crippen molar-refractivity contribution in [3.05, 3.63) is 29.3 Å². The maximum Gasteiger partial charge on any atom is 0.123 e. The topological polar surface area (TPSA) is 45.0 Å². The zero-order valence-corrected chi connectivity index (χ0v) is 11.0. The van der Waals surface area contributed by atoms with E-state index in [4.69, 9.17) is 10.00 Å². The third kappa shape index (κ3) is 4.46. The largest absolute Gasteiger partial charge is 0.496 e. The fourth-order valence-electron chi connectivity index (χ4n) is 1.56. The molecule has 1 rings (SSSR count). The van der Waals surface area contributed by atoms with Crippen LogP contribution in [0.2, 0.25) is 0 Å². The van der Waals surface area contributed by atoms with Crippen molar-refractivity contribution in [3.63, 3.8) is 0 Å². The predicted molar refractivity (Wildman–Crippen MR) is 68.9 cm³/mol. The van der Waals surface area contributed by atoms with Gasteiger partial charge in [-0.25, -0.2) is 0 Å². The van der Waals surface area contributed by atoms with Crippen molar-refractivity contribution in [2.24, 2.45) is 5.41 Å². The second-order valence-electron chi connectivity index (χ2n) is 5.30. The lowest BCUT2D eigenvalue weighted by Crippen LogP contribution is -2.26. The Balaban J connectivity index is 2.72. The van der Waals surface area contributed by atoms with Gasteiger partial charge in [0, 0.05) is 18.7 Å². The fourth-order valence-corrected chi connectivity index (χ4v) is 1.56. The van der Waals surface area contributed by atoms with E-state index in [1.165, 1.54) is 0 Å². The molecule has 0 aliphatic carbocycles. The molecule has 17 heavy (non-hydrogen) atoms. The molecule has 0 unspecified atom stereocenters. The van der Waals surface area contributed by atoms with Crippen molar-refractivity contribution < 1.29 is 4.74 Å². The summed E-state index contributed by atoms with van der Waals surface area (Å²) in [6, 6.07) is 7.62. The van der Waals surface area contributed by atoms with Crippen LogP contribution in [0.4, 0.5) is 0 Å². The van der Waals surface area contributed by atoms with Crippen LogP contribution in [-0.2, 0) is 6.54 Å². The highest BCUT2D eigenvalue weighted by Crippen LogP contribution is 2.20. The highest BCUT2D eigenvalue weighted by atomic mass is 16.5. The lowest BCUT2D eigenvalue weighted by atomic mass is 9.97. The van der Waals surface area contributed by atoms with Crippen molar-refractivity contribution in [3.8, 4) is 11.8 Å². The molecule has 0 aliphatic heterocycles. The molecule has 0 heterocycles. The first-order valence-electron chi connectivity index (χ1n) is 5.74. The summed E-state index contributed by atoms with van der Waals surface area (Å²) in [6.07, 6.45) is 0. The van der Waals surface area contributed by atoms with E-state index < -0.39 is 0 Å². The number of nitrogens with zero attached hydrogens (tertiary/aromatic N) is 1. The van der Waals surface area contributed by atoms with Gasteiger partial charge < -0.3 is 10.1 Å². The van der Waals surface area contributed by atoms with Crippen LogP contribution in [0, 0.1) is 16.7 Å². The molecule has 3 heteroatoms. The van der Waals surface area contributed by atoms with Gasteiger partial charge in [0.25, 0.3) is 0 Å². The fraction of sp³-hybridized carbons (Fsp3) is 0.500. The summed E-state index contributed by atoms with van der Waals surface area (Å²) in [5, 5.41) is 12.2. The predicted octanol–water partition coefficient (Wildman–Crippen LogP) is 2.70. The van der Waals surface area contributed by atoms with Crippen LogP contribution in [-0.4, -0.2) is 13.7 Å². The second-order valence-corrected chi connectivity index (χ2v) is 5.30. The molecule has 0 fully saturated rings. The van der Waals surface area contributed by atoms with Crippen LogP contribution in [0.3, 0.4) is 0 Å². The number of nitrogens with one attached hydrogen (secondary N) is 1. The van der Waals surface area contributed by atoms with Gasteiger partial charge in [-0.3, -0.25) is 0 Å². The molecular weight excluding hydrogens is 212 g/mol. The Hall–Kier alpha value is -1.53. The molecule has 0 saturated carbocycles. The van der Waals surface area contributed by atoms with Crippen molar-refractivity contribution in [2.45, 2.75) is 27.3 Å². The molecular formula is C14H20N2O. The molecule has 1 aromatic rings. The molecule has 0 bridgehead atoms. The zero-order valence-electron chi connectivity index (χ0n) is 11.0. The third-order valence-corrected chi connectivity index (χ3v) is 2.38. The van der Waals surface area contributed by atoms with E-state index in [0.29, 0.717) is 5.56 Å². The number of hydrogen-bond donors (Lipinski definition) is 1. The summed E-state index contributed by atoms with van der Waals surface area (Å²) in [5.41, 5.74) is 1.94.